The first-order chi connectivity index (χ1) is 17.8. The number of ketones is 1. The molecule has 0 spiro atoms. The molecule has 1 fully saturated rings. The van der Waals surface area contributed by atoms with E-state index in [1.807, 2.05) is 4.90 Å². The maximum Gasteiger partial charge on any atom is 0.255 e. The number of aromatic nitrogens is 2. The van der Waals surface area contributed by atoms with Crippen molar-refractivity contribution in [1.82, 2.24) is 9.97 Å². The van der Waals surface area contributed by atoms with Crippen LogP contribution >= 0.6 is 0 Å². The van der Waals surface area contributed by atoms with Crippen molar-refractivity contribution in [3.63, 3.8) is 0 Å². The Morgan fingerprint density at radius 3 is 2.32 bits per heavy atom. The van der Waals surface area contributed by atoms with Crippen molar-refractivity contribution in [2.45, 2.75) is 0 Å². The zero-order valence-electron chi connectivity index (χ0n) is 19.1. The number of hydrogen-bond acceptors (Lipinski definition) is 6. The summed E-state index contributed by atoms with van der Waals surface area (Å²) in [7, 11) is 0. The van der Waals surface area contributed by atoms with Crippen LogP contribution in [0.25, 0.3) is 11.0 Å². The van der Waals surface area contributed by atoms with Crippen LogP contribution in [0.15, 0.2) is 54.7 Å². The number of morpholine rings is 1. The van der Waals surface area contributed by atoms with E-state index in [1.165, 1.54) is 18.2 Å². The standard InChI is InChI=1S/C26H18F4N4O3/c27-16-3-1-15(11-18(16)29)26(36)33-20-6-4-17(28)23(24(20)30)25(35)14-2-5-19-21(12-14)32-22(13-31-19)34-7-9-37-10-8-34/h1-6,11-13H,7-10H2,(H,33,36). The lowest BCUT2D eigenvalue weighted by atomic mass is 10.0. The number of benzene rings is 3. The Balaban J connectivity index is 1.45. The molecular formula is C26H18F4N4O3. The minimum atomic E-state index is -1.31. The van der Waals surface area contributed by atoms with Crippen LogP contribution in [0.2, 0.25) is 0 Å². The molecule has 5 rings (SSSR count). The largest absolute Gasteiger partial charge is 0.378 e. The van der Waals surface area contributed by atoms with Crippen molar-refractivity contribution in [1.29, 1.82) is 0 Å². The van der Waals surface area contributed by atoms with Gasteiger partial charge in [-0.05, 0) is 48.5 Å². The zero-order valence-corrected chi connectivity index (χ0v) is 19.1. The van der Waals surface area contributed by atoms with Crippen LogP contribution in [-0.2, 0) is 4.74 Å². The molecule has 2 heterocycles. The Kier molecular flexibility index (Phi) is 6.53. The zero-order chi connectivity index (χ0) is 26.1. The number of fused-ring (bicyclic) bond motifs is 1. The lowest BCUT2D eigenvalue weighted by Gasteiger charge is -2.27. The molecule has 1 aliphatic heterocycles. The molecule has 1 amide bonds. The minimum absolute atomic E-state index is 0.0391. The van der Waals surface area contributed by atoms with Crippen molar-refractivity contribution in [3.05, 3.63) is 94.7 Å². The van der Waals surface area contributed by atoms with Gasteiger partial charge in [-0.1, -0.05) is 0 Å². The van der Waals surface area contributed by atoms with Crippen molar-refractivity contribution in [2.24, 2.45) is 0 Å². The second kappa shape index (κ2) is 9.94. The molecule has 4 aromatic rings. The molecule has 1 saturated heterocycles. The average molecular weight is 510 g/mol. The molecule has 11 heteroatoms. The van der Waals surface area contributed by atoms with E-state index in [0.29, 0.717) is 49.2 Å². The van der Waals surface area contributed by atoms with E-state index < -0.39 is 46.2 Å². The molecule has 1 aromatic heterocycles. The maximum absolute atomic E-state index is 15.3. The molecule has 0 bridgehead atoms. The molecule has 3 aromatic carbocycles. The number of nitrogens with zero attached hydrogens (tertiary/aromatic N) is 3. The number of carbonyl (C=O) groups is 2. The van der Waals surface area contributed by atoms with E-state index in [1.54, 1.807) is 6.20 Å². The average Bonchev–Trinajstić information content (AvgIpc) is 2.91. The highest BCUT2D eigenvalue weighted by atomic mass is 19.2. The Hall–Kier alpha value is -4.38. The summed E-state index contributed by atoms with van der Waals surface area (Å²) >= 11 is 0. The van der Waals surface area contributed by atoms with Gasteiger partial charge in [-0.2, -0.15) is 0 Å². The number of rotatable bonds is 5. The Morgan fingerprint density at radius 2 is 1.57 bits per heavy atom. The highest BCUT2D eigenvalue weighted by Crippen LogP contribution is 2.26. The first-order valence-electron chi connectivity index (χ1n) is 11.2. The maximum atomic E-state index is 15.3. The number of amides is 1. The van der Waals surface area contributed by atoms with Gasteiger partial charge in [-0.25, -0.2) is 22.5 Å². The van der Waals surface area contributed by atoms with Gasteiger partial charge in [-0.3, -0.25) is 14.6 Å². The Labute approximate surface area is 207 Å². The van der Waals surface area contributed by atoms with Crippen LogP contribution in [0, 0.1) is 23.3 Å². The quantitative estimate of drug-likeness (QED) is 0.314. The molecule has 0 saturated carbocycles. The van der Waals surface area contributed by atoms with Crippen LogP contribution in [0.1, 0.15) is 26.3 Å². The summed E-state index contributed by atoms with van der Waals surface area (Å²) in [5, 5.41) is 2.16. The number of hydrogen-bond donors (Lipinski definition) is 1. The second-order valence-electron chi connectivity index (χ2n) is 8.23. The fraction of sp³-hybridized carbons (Fsp3) is 0.154. The highest BCUT2D eigenvalue weighted by Gasteiger charge is 2.24. The SMILES string of the molecule is O=C(Nc1ccc(F)c(C(=O)c2ccc3ncc(N4CCOCC4)nc3c2)c1F)c1ccc(F)c(F)c1. The summed E-state index contributed by atoms with van der Waals surface area (Å²) in [4.78, 5) is 36.4. The third kappa shape index (κ3) is 4.85. The monoisotopic (exact) mass is 510 g/mol. The Bertz CT molecular complexity index is 1540. The lowest BCUT2D eigenvalue weighted by Crippen LogP contribution is -2.36. The number of anilines is 2. The fourth-order valence-corrected chi connectivity index (χ4v) is 3.92. The molecule has 188 valence electrons. The van der Waals surface area contributed by atoms with Gasteiger partial charge in [0.15, 0.2) is 23.2 Å². The molecule has 1 N–H and O–H groups in total. The van der Waals surface area contributed by atoms with Crippen molar-refractivity contribution < 1.29 is 31.9 Å². The van der Waals surface area contributed by atoms with Gasteiger partial charge in [0.05, 0.1) is 41.7 Å². The molecule has 37 heavy (non-hydrogen) atoms. The number of carbonyl (C=O) groups excluding carboxylic acids is 2. The predicted octanol–water partition coefficient (Wildman–Crippen LogP) is 4.51. The molecule has 0 atom stereocenters. The van der Waals surface area contributed by atoms with Crippen LogP contribution < -0.4 is 10.2 Å². The third-order valence-electron chi connectivity index (χ3n) is 5.87. The summed E-state index contributed by atoms with van der Waals surface area (Å²) in [6.45, 7) is 2.33. The fourth-order valence-electron chi connectivity index (χ4n) is 3.92. The van der Waals surface area contributed by atoms with E-state index in [0.717, 1.165) is 24.3 Å². The van der Waals surface area contributed by atoms with Crippen LogP contribution in [0.5, 0.6) is 0 Å². The van der Waals surface area contributed by atoms with Crippen molar-refractivity contribution >= 4 is 34.2 Å². The highest BCUT2D eigenvalue weighted by molar-refractivity contribution is 6.12. The normalized spacial score (nSPS) is 13.6. The topological polar surface area (TPSA) is 84.4 Å². The predicted molar refractivity (Wildman–Crippen MR) is 127 cm³/mol. The third-order valence-corrected chi connectivity index (χ3v) is 5.87. The first kappa shape index (κ1) is 24.3. The van der Waals surface area contributed by atoms with E-state index in [4.69, 9.17) is 4.74 Å². The second-order valence-corrected chi connectivity index (χ2v) is 8.23. The van der Waals surface area contributed by atoms with E-state index in [9.17, 15) is 22.8 Å². The van der Waals surface area contributed by atoms with E-state index in [2.05, 4.69) is 15.3 Å². The van der Waals surface area contributed by atoms with Gasteiger partial charge in [0, 0.05) is 24.2 Å². The molecule has 0 aliphatic carbocycles. The van der Waals surface area contributed by atoms with Crippen LogP contribution in [0.4, 0.5) is 29.1 Å². The molecule has 1 aliphatic rings. The summed E-state index contributed by atoms with van der Waals surface area (Å²) < 4.78 is 61.8. The van der Waals surface area contributed by atoms with Gasteiger partial charge in [0.25, 0.3) is 5.91 Å². The van der Waals surface area contributed by atoms with Crippen LogP contribution in [0.3, 0.4) is 0 Å². The van der Waals surface area contributed by atoms with E-state index in [-0.39, 0.29) is 11.1 Å². The summed E-state index contributed by atoms with van der Waals surface area (Å²) in [5.41, 5.74) is -0.877. The van der Waals surface area contributed by atoms with Crippen LogP contribution in [-0.4, -0.2) is 48.0 Å². The minimum Gasteiger partial charge on any atom is -0.378 e. The van der Waals surface area contributed by atoms with Crippen molar-refractivity contribution in [2.75, 3.05) is 36.5 Å². The van der Waals surface area contributed by atoms with Gasteiger partial charge >= 0.3 is 0 Å². The van der Waals surface area contributed by atoms with Crippen molar-refractivity contribution in [3.8, 4) is 0 Å². The Morgan fingerprint density at radius 1 is 0.838 bits per heavy atom. The molecular weight excluding hydrogens is 492 g/mol. The first-order valence-corrected chi connectivity index (χ1v) is 11.2. The lowest BCUT2D eigenvalue weighted by molar-refractivity contribution is 0.101. The summed E-state index contributed by atoms with van der Waals surface area (Å²) in [6, 6.07) is 8.42. The van der Waals surface area contributed by atoms with Gasteiger partial charge in [0.1, 0.15) is 11.6 Å². The van der Waals surface area contributed by atoms with Gasteiger partial charge in [-0.15, -0.1) is 0 Å². The van der Waals surface area contributed by atoms with Gasteiger partial charge in [0.2, 0.25) is 0 Å². The summed E-state index contributed by atoms with van der Waals surface area (Å²) in [6.07, 6.45) is 1.60. The molecule has 7 nitrogen and oxygen atoms in total. The number of nitrogens with one attached hydrogen (secondary N) is 1. The number of halogens is 4. The summed E-state index contributed by atoms with van der Waals surface area (Å²) in [5.74, 6) is -6.23. The smallest absolute Gasteiger partial charge is 0.255 e. The van der Waals surface area contributed by atoms with E-state index >= 15 is 4.39 Å². The van der Waals surface area contributed by atoms with Gasteiger partial charge < -0.3 is 15.0 Å². The molecule has 0 unspecified atom stereocenters. The molecule has 0 radical (unpaired) electrons. The number of ether oxygens (including phenoxy) is 1.